The van der Waals surface area contributed by atoms with Gasteiger partial charge in [-0.3, -0.25) is 4.79 Å². The lowest BCUT2D eigenvalue weighted by Crippen LogP contribution is -2.25. The number of rotatable bonds is 7. The highest BCUT2D eigenvalue weighted by atomic mass is 16.7. The van der Waals surface area contributed by atoms with Gasteiger partial charge in [-0.2, -0.15) is 0 Å². The summed E-state index contributed by atoms with van der Waals surface area (Å²) in [5.41, 5.74) is 2.76. The molecule has 164 valence electrons. The van der Waals surface area contributed by atoms with Gasteiger partial charge in [-0.05, 0) is 47.4 Å². The first-order valence-corrected chi connectivity index (χ1v) is 10.7. The average Bonchev–Trinajstić information content (AvgIpc) is 3.44. The summed E-state index contributed by atoms with van der Waals surface area (Å²) in [6.45, 7) is 0.971. The van der Waals surface area contributed by atoms with Crippen LogP contribution in [-0.2, 0) is 22.6 Å². The summed E-state index contributed by atoms with van der Waals surface area (Å²) >= 11 is 0. The monoisotopic (exact) mass is 432 g/mol. The van der Waals surface area contributed by atoms with Gasteiger partial charge in [0.25, 0.3) is 0 Å². The van der Waals surface area contributed by atoms with Crippen LogP contribution < -0.4 is 14.2 Å². The zero-order chi connectivity index (χ0) is 21.9. The number of fused-ring (bicyclic) bond motifs is 1. The predicted octanol–water partition coefficient (Wildman–Crippen LogP) is 4.06. The Morgan fingerprint density at radius 3 is 2.50 bits per heavy atom. The molecule has 2 aliphatic heterocycles. The van der Waals surface area contributed by atoms with E-state index in [1.807, 2.05) is 60.7 Å². The number of aliphatic hydroxyl groups excluding tert-OH is 1. The Balaban J connectivity index is 1.25. The third kappa shape index (κ3) is 4.27. The van der Waals surface area contributed by atoms with Gasteiger partial charge in [0.2, 0.25) is 6.79 Å². The van der Waals surface area contributed by atoms with Crippen molar-refractivity contribution in [2.75, 3.05) is 13.4 Å². The molecule has 0 bridgehead atoms. The maximum atomic E-state index is 12.5. The van der Waals surface area contributed by atoms with Crippen LogP contribution in [0.1, 0.15) is 22.8 Å². The van der Waals surface area contributed by atoms with E-state index in [9.17, 15) is 9.90 Å². The van der Waals surface area contributed by atoms with Crippen LogP contribution in [0.4, 0.5) is 0 Å². The Hall–Kier alpha value is -3.51. The fraction of sp³-hybridized carbons (Fsp3) is 0.269. The second-order valence-corrected chi connectivity index (χ2v) is 8.10. The molecule has 3 atom stereocenters. The van der Waals surface area contributed by atoms with E-state index in [1.54, 1.807) is 12.1 Å². The predicted molar refractivity (Wildman–Crippen MR) is 116 cm³/mol. The third-order valence-corrected chi connectivity index (χ3v) is 5.96. The van der Waals surface area contributed by atoms with Crippen molar-refractivity contribution in [1.82, 2.24) is 0 Å². The maximum Gasteiger partial charge on any atom is 0.312 e. The number of ether oxygens (including phenoxy) is 4. The fourth-order valence-corrected chi connectivity index (χ4v) is 4.23. The van der Waals surface area contributed by atoms with E-state index in [1.165, 1.54) is 0 Å². The van der Waals surface area contributed by atoms with Crippen LogP contribution in [0.5, 0.6) is 17.2 Å². The molecule has 1 unspecified atom stereocenters. The van der Waals surface area contributed by atoms with Gasteiger partial charge in [-0.1, -0.05) is 48.5 Å². The molecule has 1 fully saturated rings. The molecule has 0 radical (unpaired) electrons. The van der Waals surface area contributed by atoms with E-state index in [4.69, 9.17) is 18.9 Å². The summed E-state index contributed by atoms with van der Waals surface area (Å²) in [5.74, 6) is 1.00. The van der Waals surface area contributed by atoms with E-state index in [0.29, 0.717) is 30.1 Å². The van der Waals surface area contributed by atoms with Crippen LogP contribution in [0.2, 0.25) is 0 Å². The second kappa shape index (κ2) is 8.93. The molecule has 6 nitrogen and oxygen atoms in total. The first-order valence-electron chi connectivity index (χ1n) is 10.7. The molecule has 3 aromatic carbocycles. The minimum atomic E-state index is -0.952. The van der Waals surface area contributed by atoms with Crippen LogP contribution in [0, 0.1) is 11.8 Å². The lowest BCUT2D eigenvalue weighted by Gasteiger charge is -2.21. The van der Waals surface area contributed by atoms with Crippen molar-refractivity contribution in [3.05, 3.63) is 89.5 Å². The molecule has 2 heterocycles. The third-order valence-electron chi connectivity index (χ3n) is 5.96. The zero-order valence-electron chi connectivity index (χ0n) is 17.5. The minimum absolute atomic E-state index is 0.133. The molecular formula is C26H24O6. The largest absolute Gasteiger partial charge is 0.489 e. The summed E-state index contributed by atoms with van der Waals surface area (Å²) < 4.78 is 21.9. The molecule has 0 aliphatic carbocycles. The quantitative estimate of drug-likeness (QED) is 0.568. The van der Waals surface area contributed by atoms with Crippen molar-refractivity contribution >= 4 is 5.97 Å². The van der Waals surface area contributed by atoms with Crippen molar-refractivity contribution < 1.29 is 28.8 Å². The molecule has 0 spiro atoms. The number of hydrogen-bond donors (Lipinski definition) is 1. The van der Waals surface area contributed by atoms with Crippen molar-refractivity contribution in [3.63, 3.8) is 0 Å². The molecule has 5 rings (SSSR count). The highest BCUT2D eigenvalue weighted by Crippen LogP contribution is 2.38. The molecule has 3 aromatic rings. The molecule has 1 N–H and O–H groups in total. The number of hydrogen-bond acceptors (Lipinski definition) is 6. The highest BCUT2D eigenvalue weighted by Gasteiger charge is 2.42. The summed E-state index contributed by atoms with van der Waals surface area (Å²) in [7, 11) is 0. The summed E-state index contributed by atoms with van der Waals surface area (Å²) in [5, 5.41) is 11.0. The van der Waals surface area contributed by atoms with Crippen LogP contribution in [0.25, 0.3) is 0 Å². The zero-order valence-corrected chi connectivity index (χ0v) is 17.5. The molecule has 0 amide bonds. The number of carbonyl (C=O) groups excluding carboxylic acids is 1. The smallest absolute Gasteiger partial charge is 0.312 e. The first-order chi connectivity index (χ1) is 15.7. The van der Waals surface area contributed by atoms with Crippen LogP contribution in [0.3, 0.4) is 0 Å². The van der Waals surface area contributed by atoms with Gasteiger partial charge in [0, 0.05) is 5.92 Å². The van der Waals surface area contributed by atoms with Crippen LogP contribution in [0.15, 0.2) is 72.8 Å². The van der Waals surface area contributed by atoms with Crippen LogP contribution in [-0.4, -0.2) is 24.5 Å². The van der Waals surface area contributed by atoms with Gasteiger partial charge in [0.05, 0.1) is 18.6 Å². The van der Waals surface area contributed by atoms with Crippen molar-refractivity contribution in [1.29, 1.82) is 0 Å². The van der Waals surface area contributed by atoms with Gasteiger partial charge in [0.1, 0.15) is 12.4 Å². The molecule has 1 saturated heterocycles. The summed E-state index contributed by atoms with van der Waals surface area (Å²) in [4.78, 5) is 12.5. The van der Waals surface area contributed by atoms with E-state index >= 15 is 0 Å². The van der Waals surface area contributed by atoms with Gasteiger partial charge in [-0.15, -0.1) is 0 Å². The molecular weight excluding hydrogens is 408 g/mol. The van der Waals surface area contributed by atoms with Gasteiger partial charge >= 0.3 is 5.97 Å². The minimum Gasteiger partial charge on any atom is -0.489 e. The standard InChI is InChI=1S/C26H24O6/c27-25(19-7-9-21(10-8-19)29-14-17-4-2-1-3-5-17)24-20(15-30-26(24)28)12-18-6-11-22-23(13-18)32-16-31-22/h1-11,13,20,24-25,27H,12,14-16H2/t20-,24-,25?/m0/s1. The highest BCUT2D eigenvalue weighted by molar-refractivity contribution is 5.75. The number of cyclic esters (lactones) is 1. The molecule has 0 aromatic heterocycles. The molecule has 0 saturated carbocycles. The van der Waals surface area contributed by atoms with E-state index in [-0.39, 0.29) is 25.3 Å². The van der Waals surface area contributed by atoms with E-state index in [0.717, 1.165) is 16.9 Å². The molecule has 2 aliphatic rings. The van der Waals surface area contributed by atoms with Crippen molar-refractivity contribution in [2.24, 2.45) is 11.8 Å². The normalized spacial score (nSPS) is 20.1. The van der Waals surface area contributed by atoms with Crippen LogP contribution >= 0.6 is 0 Å². The first kappa shape index (κ1) is 20.4. The Labute approximate surface area is 186 Å². The van der Waals surface area contributed by atoms with Gasteiger partial charge < -0.3 is 24.1 Å². The second-order valence-electron chi connectivity index (χ2n) is 8.10. The van der Waals surface area contributed by atoms with E-state index < -0.39 is 12.0 Å². The van der Waals surface area contributed by atoms with E-state index in [2.05, 4.69) is 0 Å². The van der Waals surface area contributed by atoms with Crippen molar-refractivity contribution in [2.45, 2.75) is 19.1 Å². The Bertz CT molecular complexity index is 1080. The van der Waals surface area contributed by atoms with Gasteiger partial charge in [0.15, 0.2) is 11.5 Å². The number of benzene rings is 3. The van der Waals surface area contributed by atoms with Gasteiger partial charge in [-0.25, -0.2) is 0 Å². The summed E-state index contributed by atoms with van der Waals surface area (Å²) in [6.07, 6.45) is -0.352. The number of esters is 1. The molecule has 32 heavy (non-hydrogen) atoms. The topological polar surface area (TPSA) is 74.2 Å². The lowest BCUT2D eigenvalue weighted by atomic mass is 9.83. The Morgan fingerprint density at radius 2 is 1.69 bits per heavy atom. The number of carbonyl (C=O) groups is 1. The van der Waals surface area contributed by atoms with Crippen molar-refractivity contribution in [3.8, 4) is 17.2 Å². The number of aliphatic hydroxyl groups is 1. The lowest BCUT2D eigenvalue weighted by molar-refractivity contribution is -0.144. The maximum absolute atomic E-state index is 12.5. The molecule has 6 heteroatoms. The fourth-order valence-electron chi connectivity index (χ4n) is 4.23. The SMILES string of the molecule is O=C1OC[C@H](Cc2ccc3c(c2)OCO3)[C@H]1C(O)c1ccc(OCc2ccccc2)cc1. The Morgan fingerprint density at radius 1 is 0.906 bits per heavy atom. The summed E-state index contributed by atoms with van der Waals surface area (Å²) in [6, 6.07) is 22.9. The average molecular weight is 432 g/mol. The Kier molecular flexibility index (Phi) is 5.69.